The van der Waals surface area contributed by atoms with E-state index in [2.05, 4.69) is 56.8 Å². The van der Waals surface area contributed by atoms with E-state index in [4.69, 9.17) is 5.73 Å². The van der Waals surface area contributed by atoms with Crippen molar-refractivity contribution in [1.29, 1.82) is 0 Å². The molecule has 1 aromatic heterocycles. The van der Waals surface area contributed by atoms with Crippen molar-refractivity contribution in [3.63, 3.8) is 0 Å². The van der Waals surface area contributed by atoms with Crippen LogP contribution in [0.4, 0.5) is 11.6 Å². The predicted molar refractivity (Wildman–Crippen MR) is 77.8 cm³/mol. The van der Waals surface area contributed by atoms with Crippen molar-refractivity contribution >= 4 is 11.6 Å². The van der Waals surface area contributed by atoms with Crippen LogP contribution in [0.3, 0.4) is 0 Å². The van der Waals surface area contributed by atoms with Crippen molar-refractivity contribution in [2.75, 3.05) is 11.1 Å². The van der Waals surface area contributed by atoms with E-state index in [9.17, 15) is 0 Å². The van der Waals surface area contributed by atoms with Crippen LogP contribution in [0, 0.1) is 12.8 Å². The first-order chi connectivity index (χ1) is 8.12. The molecule has 18 heavy (non-hydrogen) atoms. The summed E-state index contributed by atoms with van der Waals surface area (Å²) < 4.78 is 0. The highest BCUT2D eigenvalue weighted by molar-refractivity contribution is 5.55. The monoisotopic (exact) mass is 250 g/mol. The summed E-state index contributed by atoms with van der Waals surface area (Å²) in [5.74, 6) is 2.74. The topological polar surface area (TPSA) is 63.8 Å². The molecule has 102 valence electrons. The van der Waals surface area contributed by atoms with Gasteiger partial charge >= 0.3 is 0 Å². The average molecular weight is 250 g/mol. The summed E-state index contributed by atoms with van der Waals surface area (Å²) in [4.78, 5) is 9.01. The van der Waals surface area contributed by atoms with Crippen LogP contribution in [0.25, 0.3) is 0 Å². The fraction of sp³-hybridized carbons (Fsp3) is 0.714. The van der Waals surface area contributed by atoms with E-state index in [1.807, 2.05) is 6.92 Å². The Balaban J connectivity index is 3.15. The van der Waals surface area contributed by atoms with E-state index in [0.717, 1.165) is 17.2 Å². The molecule has 0 fully saturated rings. The molecule has 1 atom stereocenters. The summed E-state index contributed by atoms with van der Waals surface area (Å²) in [5, 5.41) is 3.43. The van der Waals surface area contributed by atoms with Crippen molar-refractivity contribution < 1.29 is 0 Å². The van der Waals surface area contributed by atoms with Gasteiger partial charge in [-0.3, -0.25) is 0 Å². The van der Waals surface area contributed by atoms with Crippen LogP contribution >= 0.6 is 0 Å². The first-order valence-electron chi connectivity index (χ1n) is 6.54. The van der Waals surface area contributed by atoms with Gasteiger partial charge in [-0.2, -0.15) is 0 Å². The Labute approximate surface area is 110 Å². The Morgan fingerprint density at radius 1 is 1.11 bits per heavy atom. The van der Waals surface area contributed by atoms with Gasteiger partial charge < -0.3 is 11.1 Å². The molecule has 0 aliphatic heterocycles. The number of hydrogen-bond donors (Lipinski definition) is 2. The average Bonchev–Trinajstić information content (AvgIpc) is 2.22. The minimum Gasteiger partial charge on any atom is -0.383 e. The van der Waals surface area contributed by atoms with E-state index in [1.54, 1.807) is 0 Å². The minimum absolute atomic E-state index is 0.0979. The first-order valence-corrected chi connectivity index (χ1v) is 6.54. The second-order valence-electron chi connectivity index (χ2n) is 6.33. The molecule has 0 saturated heterocycles. The fourth-order valence-corrected chi connectivity index (χ4v) is 1.39. The van der Waals surface area contributed by atoms with Crippen LogP contribution in [-0.2, 0) is 5.41 Å². The Kier molecular flexibility index (Phi) is 4.20. The number of nitrogens with zero attached hydrogens (tertiary/aromatic N) is 2. The number of hydrogen-bond acceptors (Lipinski definition) is 4. The molecule has 0 saturated carbocycles. The molecule has 0 aromatic carbocycles. The summed E-state index contributed by atoms with van der Waals surface area (Å²) in [5.41, 5.74) is 6.81. The molecule has 0 aliphatic rings. The summed E-state index contributed by atoms with van der Waals surface area (Å²) in [6, 6.07) is 0.353. The van der Waals surface area contributed by atoms with E-state index in [0.29, 0.717) is 17.8 Å². The van der Waals surface area contributed by atoms with Crippen LogP contribution in [0.5, 0.6) is 0 Å². The van der Waals surface area contributed by atoms with Crippen LogP contribution in [-0.4, -0.2) is 16.0 Å². The highest BCUT2D eigenvalue weighted by atomic mass is 15.1. The number of nitrogen functional groups attached to an aromatic ring is 1. The molecule has 1 heterocycles. The summed E-state index contributed by atoms with van der Waals surface area (Å²) in [6.45, 7) is 14.7. The maximum atomic E-state index is 5.98. The van der Waals surface area contributed by atoms with Crippen molar-refractivity contribution in [3.05, 3.63) is 11.4 Å². The van der Waals surface area contributed by atoms with Crippen LogP contribution in [0.2, 0.25) is 0 Å². The number of nitrogens with two attached hydrogens (primary N) is 1. The maximum absolute atomic E-state index is 5.98. The third-order valence-electron chi connectivity index (χ3n) is 3.22. The number of nitrogens with one attached hydrogen (secondary N) is 1. The van der Waals surface area contributed by atoms with Crippen LogP contribution < -0.4 is 11.1 Å². The molecule has 1 rings (SSSR count). The van der Waals surface area contributed by atoms with E-state index in [1.165, 1.54) is 0 Å². The number of rotatable bonds is 3. The maximum Gasteiger partial charge on any atom is 0.138 e. The quantitative estimate of drug-likeness (QED) is 0.865. The van der Waals surface area contributed by atoms with Gasteiger partial charge in [0.1, 0.15) is 17.5 Å². The lowest BCUT2D eigenvalue weighted by atomic mass is 9.95. The summed E-state index contributed by atoms with van der Waals surface area (Å²) in [7, 11) is 0. The Morgan fingerprint density at radius 3 is 2.11 bits per heavy atom. The Morgan fingerprint density at radius 2 is 1.67 bits per heavy atom. The minimum atomic E-state index is -0.0979. The molecule has 4 nitrogen and oxygen atoms in total. The Hall–Kier alpha value is -1.32. The molecule has 3 N–H and O–H groups in total. The standard InChI is InChI=1S/C14H26N4/c1-8(2)10(4)16-12-9(3)11(15)17-13(18-12)14(5,6)7/h8,10H,1-7H3,(H3,15,16,17,18). The van der Waals surface area contributed by atoms with E-state index < -0.39 is 0 Å². The molecule has 0 aliphatic carbocycles. The second-order valence-corrected chi connectivity index (χ2v) is 6.33. The molecule has 0 spiro atoms. The molecule has 4 heteroatoms. The summed E-state index contributed by atoms with van der Waals surface area (Å²) >= 11 is 0. The summed E-state index contributed by atoms with van der Waals surface area (Å²) in [6.07, 6.45) is 0. The molecule has 1 unspecified atom stereocenters. The lowest BCUT2D eigenvalue weighted by Crippen LogP contribution is -2.25. The zero-order valence-corrected chi connectivity index (χ0v) is 12.6. The van der Waals surface area contributed by atoms with Crippen molar-refractivity contribution in [3.8, 4) is 0 Å². The van der Waals surface area contributed by atoms with Crippen molar-refractivity contribution in [1.82, 2.24) is 9.97 Å². The van der Waals surface area contributed by atoms with Gasteiger partial charge in [0.2, 0.25) is 0 Å². The van der Waals surface area contributed by atoms with E-state index in [-0.39, 0.29) is 5.41 Å². The Bertz CT molecular complexity index is 419. The molecule has 0 amide bonds. The number of aromatic nitrogens is 2. The molecule has 0 radical (unpaired) electrons. The van der Waals surface area contributed by atoms with Gasteiger partial charge in [-0.1, -0.05) is 34.6 Å². The third-order valence-corrected chi connectivity index (χ3v) is 3.22. The smallest absolute Gasteiger partial charge is 0.138 e. The largest absolute Gasteiger partial charge is 0.383 e. The van der Waals surface area contributed by atoms with Crippen molar-refractivity contribution in [2.45, 2.75) is 59.9 Å². The van der Waals surface area contributed by atoms with Gasteiger partial charge in [-0.05, 0) is 19.8 Å². The zero-order valence-electron chi connectivity index (χ0n) is 12.6. The van der Waals surface area contributed by atoms with E-state index >= 15 is 0 Å². The van der Waals surface area contributed by atoms with Crippen LogP contribution in [0.15, 0.2) is 0 Å². The zero-order chi connectivity index (χ0) is 14.1. The predicted octanol–water partition coefficient (Wildman–Crippen LogP) is 3.12. The second kappa shape index (κ2) is 5.12. The molecular weight excluding hydrogens is 224 g/mol. The number of anilines is 2. The lowest BCUT2D eigenvalue weighted by Gasteiger charge is -2.23. The lowest BCUT2D eigenvalue weighted by molar-refractivity contribution is 0.538. The van der Waals surface area contributed by atoms with Crippen LogP contribution in [0.1, 0.15) is 52.9 Å². The van der Waals surface area contributed by atoms with Gasteiger partial charge in [0.25, 0.3) is 0 Å². The van der Waals surface area contributed by atoms with Gasteiger partial charge in [0.15, 0.2) is 0 Å². The highest BCUT2D eigenvalue weighted by Gasteiger charge is 2.21. The first kappa shape index (κ1) is 14.7. The van der Waals surface area contributed by atoms with Gasteiger partial charge in [0, 0.05) is 17.0 Å². The van der Waals surface area contributed by atoms with Gasteiger partial charge in [-0.15, -0.1) is 0 Å². The normalized spacial score (nSPS) is 13.8. The molecule has 1 aromatic rings. The van der Waals surface area contributed by atoms with Crippen molar-refractivity contribution in [2.24, 2.45) is 5.92 Å². The fourth-order valence-electron chi connectivity index (χ4n) is 1.39. The van der Waals surface area contributed by atoms with Gasteiger partial charge in [-0.25, -0.2) is 9.97 Å². The highest BCUT2D eigenvalue weighted by Crippen LogP contribution is 2.25. The van der Waals surface area contributed by atoms with Gasteiger partial charge in [0.05, 0.1) is 0 Å². The SMILES string of the molecule is Cc1c(N)nc(C(C)(C)C)nc1NC(C)C(C)C. The molecular formula is C14H26N4. The molecule has 0 bridgehead atoms. The third kappa shape index (κ3) is 3.34.